The Balaban J connectivity index is 1.69. The molecule has 0 aromatic heterocycles. The maximum Gasteiger partial charge on any atom is 0.416 e. The number of likely N-dealkylation sites (tertiary alicyclic amines) is 1. The van der Waals surface area contributed by atoms with Crippen LogP contribution in [0.5, 0.6) is 0 Å². The van der Waals surface area contributed by atoms with E-state index in [1.807, 2.05) is 0 Å². The van der Waals surface area contributed by atoms with Crippen LogP contribution in [0.25, 0.3) is 0 Å². The van der Waals surface area contributed by atoms with Gasteiger partial charge in [0.25, 0.3) is 0 Å². The van der Waals surface area contributed by atoms with Crippen molar-refractivity contribution < 1.29 is 13.2 Å². The third-order valence-corrected chi connectivity index (χ3v) is 4.34. The zero-order valence-corrected chi connectivity index (χ0v) is 12.5. The molecule has 2 aliphatic rings. The molecule has 1 saturated carbocycles. The summed E-state index contributed by atoms with van der Waals surface area (Å²) in [5.41, 5.74) is -0.0826. The normalized spacial score (nSPS) is 24.1. The van der Waals surface area contributed by atoms with E-state index in [1.165, 1.54) is 18.9 Å². The van der Waals surface area contributed by atoms with Crippen LogP contribution in [0.15, 0.2) is 22.7 Å². The van der Waals surface area contributed by atoms with Gasteiger partial charge in [0.15, 0.2) is 0 Å². The van der Waals surface area contributed by atoms with Crippen LogP contribution in [0.2, 0.25) is 0 Å². The number of halogens is 4. The highest BCUT2D eigenvalue weighted by molar-refractivity contribution is 9.10. The number of nitrogens with one attached hydrogen (secondary N) is 1. The van der Waals surface area contributed by atoms with Gasteiger partial charge in [-0.1, -0.05) is 15.9 Å². The van der Waals surface area contributed by atoms with Gasteiger partial charge >= 0.3 is 6.18 Å². The monoisotopic (exact) mass is 348 g/mol. The van der Waals surface area contributed by atoms with Gasteiger partial charge in [0.1, 0.15) is 0 Å². The quantitative estimate of drug-likeness (QED) is 0.883. The summed E-state index contributed by atoms with van der Waals surface area (Å²) in [6.07, 6.45) is -0.788. The second-order valence-corrected chi connectivity index (χ2v) is 6.50. The Morgan fingerprint density at radius 3 is 2.55 bits per heavy atom. The molecule has 20 heavy (non-hydrogen) atoms. The summed E-state index contributed by atoms with van der Waals surface area (Å²) >= 11 is 3.15. The number of rotatable bonds is 3. The molecule has 1 heterocycles. The van der Waals surface area contributed by atoms with Gasteiger partial charge in [-0.05, 0) is 37.5 Å². The first-order chi connectivity index (χ1) is 9.41. The van der Waals surface area contributed by atoms with E-state index in [2.05, 4.69) is 26.1 Å². The fourth-order valence-corrected chi connectivity index (χ4v) is 3.24. The highest BCUT2D eigenvalue weighted by Crippen LogP contribution is 2.34. The van der Waals surface area contributed by atoms with Crippen molar-refractivity contribution in [2.75, 3.05) is 18.4 Å². The van der Waals surface area contributed by atoms with Crippen molar-refractivity contribution in [2.45, 2.75) is 37.5 Å². The third-order valence-electron chi connectivity index (χ3n) is 3.88. The smallest absolute Gasteiger partial charge is 0.381 e. The van der Waals surface area contributed by atoms with Gasteiger partial charge in [0.2, 0.25) is 0 Å². The maximum absolute atomic E-state index is 12.8. The summed E-state index contributed by atoms with van der Waals surface area (Å²) in [5, 5.41) is 3.24. The van der Waals surface area contributed by atoms with Crippen molar-refractivity contribution in [3.8, 4) is 0 Å². The predicted molar refractivity (Wildman–Crippen MR) is 75.8 cm³/mol. The zero-order valence-electron chi connectivity index (χ0n) is 10.9. The van der Waals surface area contributed by atoms with Crippen LogP contribution < -0.4 is 5.32 Å². The van der Waals surface area contributed by atoms with Crippen LogP contribution in [0.1, 0.15) is 24.8 Å². The first-order valence-electron chi connectivity index (χ1n) is 6.80. The van der Waals surface area contributed by atoms with Crippen molar-refractivity contribution in [1.29, 1.82) is 0 Å². The van der Waals surface area contributed by atoms with Gasteiger partial charge in [0, 0.05) is 35.3 Å². The Bertz CT molecular complexity index is 500. The van der Waals surface area contributed by atoms with E-state index in [1.54, 1.807) is 6.07 Å². The Hall–Kier alpha value is -0.750. The van der Waals surface area contributed by atoms with Gasteiger partial charge in [-0.2, -0.15) is 13.2 Å². The van der Waals surface area contributed by atoms with E-state index in [0.29, 0.717) is 10.2 Å². The fraction of sp³-hybridized carbons (Fsp3) is 0.571. The molecule has 2 nitrogen and oxygen atoms in total. The summed E-state index contributed by atoms with van der Waals surface area (Å²) in [7, 11) is 0. The highest BCUT2D eigenvalue weighted by atomic mass is 79.9. The molecular formula is C14H16BrF3N2. The molecule has 1 saturated heterocycles. The summed E-state index contributed by atoms with van der Waals surface area (Å²) in [6, 6.07) is 4.96. The Kier molecular flexibility index (Phi) is 3.71. The highest BCUT2D eigenvalue weighted by Gasteiger charge is 2.35. The van der Waals surface area contributed by atoms with E-state index >= 15 is 0 Å². The van der Waals surface area contributed by atoms with Crippen molar-refractivity contribution in [2.24, 2.45) is 0 Å². The van der Waals surface area contributed by atoms with E-state index in [4.69, 9.17) is 0 Å². The number of benzene rings is 1. The molecule has 3 rings (SSSR count). The average Bonchev–Trinajstić information content (AvgIpc) is 3.09. The molecule has 6 heteroatoms. The molecule has 110 valence electrons. The molecule has 1 aromatic rings. The van der Waals surface area contributed by atoms with Gasteiger partial charge < -0.3 is 5.32 Å². The third kappa shape index (κ3) is 3.28. The van der Waals surface area contributed by atoms with E-state index in [0.717, 1.165) is 31.6 Å². The molecular weight excluding hydrogens is 333 g/mol. The lowest BCUT2D eigenvalue weighted by molar-refractivity contribution is -0.137. The van der Waals surface area contributed by atoms with Crippen LogP contribution >= 0.6 is 15.9 Å². The number of nitrogens with zero attached hydrogens (tertiary/aromatic N) is 1. The van der Waals surface area contributed by atoms with Gasteiger partial charge in [-0.25, -0.2) is 0 Å². The summed E-state index contributed by atoms with van der Waals surface area (Å²) in [5.74, 6) is 0. The fourth-order valence-electron chi connectivity index (χ4n) is 2.75. The van der Waals surface area contributed by atoms with Crippen molar-refractivity contribution in [1.82, 2.24) is 4.90 Å². The molecule has 2 fully saturated rings. The molecule has 0 spiro atoms. The zero-order chi connectivity index (χ0) is 14.3. The molecule has 1 aliphatic heterocycles. The van der Waals surface area contributed by atoms with Gasteiger partial charge in [-0.3, -0.25) is 4.90 Å². The lowest BCUT2D eigenvalue weighted by Crippen LogP contribution is -2.27. The molecule has 1 atom stereocenters. The van der Waals surface area contributed by atoms with Gasteiger partial charge in [0.05, 0.1) is 5.56 Å². The second kappa shape index (κ2) is 5.22. The number of hydrogen-bond donors (Lipinski definition) is 1. The molecule has 0 radical (unpaired) electrons. The summed E-state index contributed by atoms with van der Waals surface area (Å²) in [4.78, 5) is 2.43. The van der Waals surface area contributed by atoms with E-state index < -0.39 is 11.7 Å². The molecule has 1 N–H and O–H groups in total. The number of anilines is 1. The molecule has 0 amide bonds. The second-order valence-electron chi connectivity index (χ2n) is 5.58. The lowest BCUT2D eigenvalue weighted by Gasteiger charge is -2.18. The minimum absolute atomic E-state index is 0.242. The largest absolute Gasteiger partial charge is 0.416 e. The first-order valence-corrected chi connectivity index (χ1v) is 7.59. The molecule has 0 bridgehead atoms. The Morgan fingerprint density at radius 2 is 1.90 bits per heavy atom. The maximum atomic E-state index is 12.8. The molecule has 1 aromatic carbocycles. The van der Waals surface area contributed by atoms with Gasteiger partial charge in [-0.15, -0.1) is 0 Å². The van der Waals surface area contributed by atoms with Crippen LogP contribution in [-0.2, 0) is 6.18 Å². The Labute approximate surface area is 124 Å². The standard InChI is InChI=1S/C14H16BrF3N2/c15-10-5-9(14(16,17)18)6-12(7-10)19-11-3-4-20(8-11)13-1-2-13/h5-7,11,13,19H,1-4,8H2. The number of hydrogen-bond acceptors (Lipinski definition) is 2. The van der Waals surface area contributed by atoms with Crippen molar-refractivity contribution in [3.63, 3.8) is 0 Å². The topological polar surface area (TPSA) is 15.3 Å². The van der Waals surface area contributed by atoms with Crippen molar-refractivity contribution >= 4 is 21.6 Å². The minimum atomic E-state index is -4.31. The van der Waals surface area contributed by atoms with Crippen LogP contribution in [0.3, 0.4) is 0 Å². The Morgan fingerprint density at radius 1 is 1.15 bits per heavy atom. The molecule has 1 unspecified atom stereocenters. The minimum Gasteiger partial charge on any atom is -0.381 e. The van der Waals surface area contributed by atoms with E-state index in [-0.39, 0.29) is 6.04 Å². The van der Waals surface area contributed by atoms with Crippen LogP contribution in [0.4, 0.5) is 18.9 Å². The lowest BCUT2D eigenvalue weighted by atomic mass is 10.1. The summed E-state index contributed by atoms with van der Waals surface area (Å²) in [6.45, 7) is 1.97. The number of alkyl halides is 3. The van der Waals surface area contributed by atoms with Crippen molar-refractivity contribution in [3.05, 3.63) is 28.2 Å². The van der Waals surface area contributed by atoms with Crippen LogP contribution in [0, 0.1) is 0 Å². The SMILES string of the molecule is FC(F)(F)c1cc(Br)cc(NC2CCN(C3CC3)C2)c1. The first kappa shape index (κ1) is 14.2. The summed E-state index contributed by atoms with van der Waals surface area (Å²) < 4.78 is 38.8. The van der Waals surface area contributed by atoms with E-state index in [9.17, 15) is 13.2 Å². The van der Waals surface area contributed by atoms with Crippen LogP contribution in [-0.4, -0.2) is 30.1 Å². The average molecular weight is 349 g/mol. The molecule has 1 aliphatic carbocycles. The predicted octanol–water partition coefficient (Wildman–Crippen LogP) is 4.12.